The summed E-state index contributed by atoms with van der Waals surface area (Å²) in [6, 6.07) is 4.22. The van der Waals surface area contributed by atoms with E-state index in [0.29, 0.717) is 24.5 Å². The number of halogens is 2. The first-order valence-corrected chi connectivity index (χ1v) is 9.18. The number of aromatic nitrogens is 5. The maximum Gasteiger partial charge on any atom is 0.204 e. The Bertz CT molecular complexity index is 992. The number of anilines is 1. The van der Waals surface area contributed by atoms with Gasteiger partial charge in [0.15, 0.2) is 11.6 Å². The van der Waals surface area contributed by atoms with E-state index in [4.69, 9.17) is 0 Å². The summed E-state index contributed by atoms with van der Waals surface area (Å²) < 4.78 is 31.5. The van der Waals surface area contributed by atoms with Gasteiger partial charge in [0.1, 0.15) is 11.6 Å². The molecule has 0 unspecified atom stereocenters. The molecule has 0 aliphatic carbocycles. The smallest absolute Gasteiger partial charge is 0.204 e. The molecule has 0 amide bonds. The van der Waals surface area contributed by atoms with E-state index in [9.17, 15) is 8.78 Å². The normalized spacial score (nSPS) is 14.3. The van der Waals surface area contributed by atoms with Gasteiger partial charge >= 0.3 is 0 Å². The van der Waals surface area contributed by atoms with Crippen molar-refractivity contribution in [2.75, 3.05) is 25.5 Å². The molecule has 1 aliphatic heterocycles. The van der Waals surface area contributed by atoms with E-state index in [1.807, 2.05) is 36.8 Å². The van der Waals surface area contributed by atoms with Crippen molar-refractivity contribution in [3.63, 3.8) is 0 Å². The van der Waals surface area contributed by atoms with Gasteiger partial charge in [-0.25, -0.2) is 13.8 Å². The van der Waals surface area contributed by atoms with Crippen molar-refractivity contribution in [2.45, 2.75) is 26.1 Å². The molecule has 148 valence electrons. The molecule has 0 saturated heterocycles. The molecule has 2 aromatic heterocycles. The average molecular weight is 387 g/mol. The molecule has 0 fully saturated rings. The van der Waals surface area contributed by atoms with Crippen LogP contribution < -0.4 is 4.90 Å². The van der Waals surface area contributed by atoms with Gasteiger partial charge in [-0.15, -0.1) is 10.2 Å². The Labute approximate surface area is 162 Å². The van der Waals surface area contributed by atoms with Crippen LogP contribution in [-0.4, -0.2) is 49.9 Å². The Morgan fingerprint density at radius 2 is 1.96 bits per heavy atom. The monoisotopic (exact) mass is 387 g/mol. The summed E-state index contributed by atoms with van der Waals surface area (Å²) in [4.78, 5) is 8.72. The molecule has 28 heavy (non-hydrogen) atoms. The highest BCUT2D eigenvalue weighted by molar-refractivity contribution is 5.31. The maximum atomic E-state index is 14.0. The molecule has 3 heterocycles. The SMILES string of the molecule is CN(C)c1ncc(CN2CCn3c(Cc4cccc(F)c4F)nnc3C2)n1C. The van der Waals surface area contributed by atoms with Crippen molar-refractivity contribution in [1.29, 1.82) is 0 Å². The Kier molecular flexibility index (Phi) is 4.84. The highest BCUT2D eigenvalue weighted by Gasteiger charge is 2.23. The highest BCUT2D eigenvalue weighted by atomic mass is 19.2. The van der Waals surface area contributed by atoms with E-state index in [1.54, 1.807) is 6.07 Å². The van der Waals surface area contributed by atoms with Gasteiger partial charge in [0.2, 0.25) is 5.95 Å². The van der Waals surface area contributed by atoms with Crippen molar-refractivity contribution in [1.82, 2.24) is 29.2 Å². The fourth-order valence-corrected chi connectivity index (χ4v) is 3.61. The molecule has 1 aliphatic rings. The minimum atomic E-state index is -0.838. The molecule has 0 N–H and O–H groups in total. The minimum Gasteiger partial charge on any atom is -0.348 e. The van der Waals surface area contributed by atoms with Gasteiger partial charge in [-0.2, -0.15) is 0 Å². The number of fused-ring (bicyclic) bond motifs is 1. The van der Waals surface area contributed by atoms with Crippen molar-refractivity contribution in [3.05, 3.63) is 58.9 Å². The van der Waals surface area contributed by atoms with Crippen LogP contribution in [0.3, 0.4) is 0 Å². The Morgan fingerprint density at radius 1 is 1.14 bits per heavy atom. The van der Waals surface area contributed by atoms with E-state index in [2.05, 4.69) is 24.6 Å². The second kappa shape index (κ2) is 7.31. The summed E-state index contributed by atoms with van der Waals surface area (Å²) in [5.41, 5.74) is 1.42. The molecule has 0 radical (unpaired) electrons. The van der Waals surface area contributed by atoms with Crippen LogP contribution in [0, 0.1) is 11.6 Å². The number of hydrogen-bond donors (Lipinski definition) is 0. The zero-order valence-electron chi connectivity index (χ0n) is 16.2. The van der Waals surface area contributed by atoms with Gasteiger partial charge in [0.05, 0.1) is 18.4 Å². The molecule has 0 atom stereocenters. The molecule has 1 aromatic carbocycles. The van der Waals surface area contributed by atoms with E-state index in [-0.39, 0.29) is 6.42 Å². The molecule has 9 heteroatoms. The molecule has 0 spiro atoms. The molecule has 3 aromatic rings. The van der Waals surface area contributed by atoms with Crippen LogP contribution in [0.1, 0.15) is 22.9 Å². The van der Waals surface area contributed by atoms with Crippen LogP contribution in [-0.2, 0) is 33.1 Å². The van der Waals surface area contributed by atoms with Crippen LogP contribution in [0.5, 0.6) is 0 Å². The van der Waals surface area contributed by atoms with E-state index >= 15 is 0 Å². The first-order valence-electron chi connectivity index (χ1n) is 9.18. The van der Waals surface area contributed by atoms with Gasteiger partial charge in [0, 0.05) is 47.2 Å². The predicted octanol–water partition coefficient (Wildman–Crippen LogP) is 1.96. The average Bonchev–Trinajstić information content (AvgIpc) is 3.23. The second-order valence-electron chi connectivity index (χ2n) is 7.29. The summed E-state index contributed by atoms with van der Waals surface area (Å²) in [7, 11) is 5.95. The standard InChI is InChI=1S/C19H23F2N7/c1-25(2)19-22-10-14(26(19)3)11-27-7-8-28-16(23-24-17(28)12-27)9-13-5-4-6-15(20)18(13)21/h4-6,10H,7-9,11-12H2,1-3H3. The number of imidazole rings is 1. The van der Waals surface area contributed by atoms with Gasteiger partial charge < -0.3 is 14.0 Å². The van der Waals surface area contributed by atoms with Gasteiger partial charge in [-0.1, -0.05) is 12.1 Å². The van der Waals surface area contributed by atoms with E-state index < -0.39 is 11.6 Å². The van der Waals surface area contributed by atoms with Gasteiger partial charge in [-0.3, -0.25) is 4.90 Å². The third-order valence-corrected chi connectivity index (χ3v) is 5.13. The predicted molar refractivity (Wildman–Crippen MR) is 101 cm³/mol. The van der Waals surface area contributed by atoms with Crippen molar-refractivity contribution in [3.8, 4) is 0 Å². The van der Waals surface area contributed by atoms with E-state index in [1.165, 1.54) is 6.07 Å². The van der Waals surface area contributed by atoms with E-state index in [0.717, 1.165) is 36.6 Å². The lowest BCUT2D eigenvalue weighted by Gasteiger charge is -2.27. The molecule has 0 bridgehead atoms. The third-order valence-electron chi connectivity index (χ3n) is 5.13. The molecular weight excluding hydrogens is 364 g/mol. The lowest BCUT2D eigenvalue weighted by molar-refractivity contribution is 0.203. The highest BCUT2D eigenvalue weighted by Crippen LogP contribution is 2.20. The number of hydrogen-bond acceptors (Lipinski definition) is 5. The topological polar surface area (TPSA) is 55.0 Å². The van der Waals surface area contributed by atoms with Crippen LogP contribution in [0.25, 0.3) is 0 Å². The fourth-order valence-electron chi connectivity index (χ4n) is 3.61. The summed E-state index contributed by atoms with van der Waals surface area (Å²) in [5, 5.41) is 8.50. The van der Waals surface area contributed by atoms with Gasteiger partial charge in [-0.05, 0) is 11.6 Å². The number of benzene rings is 1. The van der Waals surface area contributed by atoms with Crippen LogP contribution >= 0.6 is 0 Å². The van der Waals surface area contributed by atoms with Crippen LogP contribution in [0.2, 0.25) is 0 Å². The number of rotatable bonds is 5. The summed E-state index contributed by atoms with van der Waals surface area (Å²) in [6.45, 7) is 2.96. The summed E-state index contributed by atoms with van der Waals surface area (Å²) in [5.74, 6) is 0.762. The minimum absolute atomic E-state index is 0.227. The summed E-state index contributed by atoms with van der Waals surface area (Å²) >= 11 is 0. The lowest BCUT2D eigenvalue weighted by atomic mass is 10.1. The first kappa shape index (κ1) is 18.5. The van der Waals surface area contributed by atoms with Crippen molar-refractivity contribution in [2.24, 2.45) is 7.05 Å². The molecular formula is C19H23F2N7. The molecule has 4 rings (SSSR count). The Hall–Kier alpha value is -2.81. The quantitative estimate of drug-likeness (QED) is 0.670. The lowest BCUT2D eigenvalue weighted by Crippen LogP contribution is -2.34. The van der Waals surface area contributed by atoms with Crippen molar-refractivity contribution >= 4 is 5.95 Å². The summed E-state index contributed by atoms with van der Waals surface area (Å²) in [6.07, 6.45) is 2.12. The van der Waals surface area contributed by atoms with Crippen LogP contribution in [0.4, 0.5) is 14.7 Å². The maximum absolute atomic E-state index is 14.0. The fraction of sp³-hybridized carbons (Fsp3) is 0.421. The second-order valence-corrected chi connectivity index (χ2v) is 7.29. The number of nitrogens with zero attached hydrogens (tertiary/aromatic N) is 7. The Morgan fingerprint density at radius 3 is 2.71 bits per heavy atom. The zero-order chi connectivity index (χ0) is 19.8. The molecule has 0 saturated carbocycles. The van der Waals surface area contributed by atoms with Crippen molar-refractivity contribution < 1.29 is 8.78 Å². The largest absolute Gasteiger partial charge is 0.348 e. The third kappa shape index (κ3) is 3.37. The van der Waals surface area contributed by atoms with Crippen LogP contribution in [0.15, 0.2) is 24.4 Å². The zero-order valence-corrected chi connectivity index (χ0v) is 16.2. The Balaban J connectivity index is 1.48. The molecule has 7 nitrogen and oxygen atoms in total. The van der Waals surface area contributed by atoms with Gasteiger partial charge in [0.25, 0.3) is 0 Å². The first-order chi connectivity index (χ1) is 13.4.